The van der Waals surface area contributed by atoms with Gasteiger partial charge in [-0.05, 0) is 48.9 Å². The lowest BCUT2D eigenvalue weighted by molar-refractivity contribution is -0.122. The molecule has 8 heteroatoms. The van der Waals surface area contributed by atoms with Gasteiger partial charge in [0.05, 0.1) is 11.4 Å². The summed E-state index contributed by atoms with van der Waals surface area (Å²) < 4.78 is 0. The van der Waals surface area contributed by atoms with Crippen LogP contribution in [0, 0.1) is 0 Å². The number of thiophene rings is 1. The normalized spacial score (nSPS) is 14.8. The molecule has 1 fully saturated rings. The smallest absolute Gasteiger partial charge is 0.265 e. The molecule has 7 nitrogen and oxygen atoms in total. The van der Waals surface area contributed by atoms with Gasteiger partial charge in [0.25, 0.3) is 11.8 Å². The highest BCUT2D eigenvalue weighted by Gasteiger charge is 2.22. The predicted molar refractivity (Wildman–Crippen MR) is 119 cm³/mol. The molecule has 1 aliphatic rings. The quantitative estimate of drug-likeness (QED) is 0.603. The van der Waals surface area contributed by atoms with Crippen LogP contribution < -0.4 is 16.0 Å². The Balaban J connectivity index is 1.47. The Labute approximate surface area is 180 Å². The molecule has 0 radical (unpaired) electrons. The minimum atomic E-state index is -0.182. The Kier molecular flexibility index (Phi) is 7.98. The Hall–Kier alpha value is -2.71. The molecule has 0 atom stereocenters. The van der Waals surface area contributed by atoms with Crippen LogP contribution in [0.2, 0.25) is 0 Å². The summed E-state index contributed by atoms with van der Waals surface area (Å²) in [4.78, 5) is 39.5. The van der Waals surface area contributed by atoms with Crippen LogP contribution in [0.15, 0.2) is 41.8 Å². The fraction of sp³-hybridized carbons (Fsp3) is 0.409. The Morgan fingerprint density at radius 2 is 1.90 bits per heavy atom. The monoisotopic (exact) mass is 428 g/mol. The van der Waals surface area contributed by atoms with Gasteiger partial charge in [0.2, 0.25) is 5.91 Å². The molecule has 3 N–H and O–H groups in total. The third-order valence-corrected chi connectivity index (χ3v) is 5.86. The zero-order valence-corrected chi connectivity index (χ0v) is 18.0. The number of hydrogen-bond donors (Lipinski definition) is 3. The van der Waals surface area contributed by atoms with Crippen molar-refractivity contribution in [1.29, 1.82) is 0 Å². The van der Waals surface area contributed by atoms with E-state index in [-0.39, 0.29) is 23.8 Å². The number of anilines is 1. The Bertz CT molecular complexity index is 861. The van der Waals surface area contributed by atoms with Gasteiger partial charge in [0, 0.05) is 36.9 Å². The first kappa shape index (κ1) is 22.0. The average Bonchev–Trinajstić information content (AvgIpc) is 3.29. The lowest BCUT2D eigenvalue weighted by atomic mass is 10.0. The molecule has 0 saturated carbocycles. The fourth-order valence-corrected chi connectivity index (χ4v) is 3.99. The van der Waals surface area contributed by atoms with Crippen molar-refractivity contribution in [3.8, 4) is 0 Å². The topological polar surface area (TPSA) is 90.5 Å². The SMILES string of the molecule is CCCNC(=O)CN1CCC(NC(=O)c2cccc(NC(=O)c3cccs3)c2)CC1. The van der Waals surface area contributed by atoms with E-state index >= 15 is 0 Å². The van der Waals surface area contributed by atoms with E-state index in [9.17, 15) is 14.4 Å². The number of benzene rings is 1. The van der Waals surface area contributed by atoms with Crippen LogP contribution in [0.4, 0.5) is 5.69 Å². The summed E-state index contributed by atoms with van der Waals surface area (Å²) in [5, 5.41) is 10.6. The van der Waals surface area contributed by atoms with Crippen LogP contribution in [0.25, 0.3) is 0 Å². The summed E-state index contributed by atoms with van der Waals surface area (Å²) in [6.07, 6.45) is 2.54. The van der Waals surface area contributed by atoms with Gasteiger partial charge < -0.3 is 16.0 Å². The van der Waals surface area contributed by atoms with Crippen molar-refractivity contribution in [1.82, 2.24) is 15.5 Å². The van der Waals surface area contributed by atoms with Gasteiger partial charge in [-0.2, -0.15) is 0 Å². The van der Waals surface area contributed by atoms with E-state index in [4.69, 9.17) is 0 Å². The van der Waals surface area contributed by atoms with E-state index in [1.54, 1.807) is 30.3 Å². The molecule has 1 aromatic heterocycles. The molecule has 0 unspecified atom stereocenters. The molecule has 1 aliphatic heterocycles. The number of rotatable bonds is 8. The molecule has 30 heavy (non-hydrogen) atoms. The molecule has 160 valence electrons. The summed E-state index contributed by atoms with van der Waals surface area (Å²) in [5.41, 5.74) is 1.11. The largest absolute Gasteiger partial charge is 0.355 e. The molecule has 1 saturated heterocycles. The molecule has 0 bridgehead atoms. The second kappa shape index (κ2) is 10.9. The van der Waals surface area contributed by atoms with Crippen molar-refractivity contribution in [2.75, 3.05) is 31.5 Å². The van der Waals surface area contributed by atoms with Crippen LogP contribution in [0.3, 0.4) is 0 Å². The molecule has 0 aliphatic carbocycles. The molecule has 3 amide bonds. The number of carbonyl (C=O) groups excluding carboxylic acids is 3. The van der Waals surface area contributed by atoms with Crippen LogP contribution in [-0.4, -0.2) is 54.8 Å². The molecule has 3 rings (SSSR count). The lowest BCUT2D eigenvalue weighted by Crippen LogP contribution is -2.47. The number of piperidine rings is 1. The van der Waals surface area contributed by atoms with E-state index in [1.807, 2.05) is 18.4 Å². The van der Waals surface area contributed by atoms with E-state index in [0.717, 1.165) is 32.4 Å². The first-order valence-electron chi connectivity index (χ1n) is 10.3. The minimum Gasteiger partial charge on any atom is -0.355 e. The van der Waals surface area contributed by atoms with Gasteiger partial charge in [-0.3, -0.25) is 19.3 Å². The third kappa shape index (κ3) is 6.40. The van der Waals surface area contributed by atoms with Gasteiger partial charge in [-0.1, -0.05) is 19.1 Å². The molecular weight excluding hydrogens is 400 g/mol. The van der Waals surface area contributed by atoms with Crippen LogP contribution >= 0.6 is 11.3 Å². The van der Waals surface area contributed by atoms with Crippen molar-refractivity contribution in [3.05, 3.63) is 52.2 Å². The van der Waals surface area contributed by atoms with Crippen LogP contribution in [-0.2, 0) is 4.79 Å². The Morgan fingerprint density at radius 3 is 2.60 bits per heavy atom. The average molecular weight is 429 g/mol. The Morgan fingerprint density at radius 1 is 1.10 bits per heavy atom. The summed E-state index contributed by atoms with van der Waals surface area (Å²) in [5.74, 6) is -0.278. The number of nitrogens with one attached hydrogen (secondary N) is 3. The molecule has 2 heterocycles. The van der Waals surface area contributed by atoms with E-state index in [0.29, 0.717) is 29.2 Å². The summed E-state index contributed by atoms with van der Waals surface area (Å²) >= 11 is 1.37. The maximum Gasteiger partial charge on any atom is 0.265 e. The van der Waals surface area contributed by atoms with E-state index < -0.39 is 0 Å². The van der Waals surface area contributed by atoms with Crippen LogP contribution in [0.1, 0.15) is 46.2 Å². The van der Waals surface area contributed by atoms with Crippen molar-refractivity contribution < 1.29 is 14.4 Å². The highest BCUT2D eigenvalue weighted by atomic mass is 32.1. The summed E-state index contributed by atoms with van der Waals surface area (Å²) in [6, 6.07) is 10.6. The molecule has 2 aromatic rings. The summed E-state index contributed by atoms with van der Waals surface area (Å²) in [7, 11) is 0. The van der Waals surface area contributed by atoms with Gasteiger partial charge in [-0.25, -0.2) is 0 Å². The number of carbonyl (C=O) groups is 3. The number of hydrogen-bond acceptors (Lipinski definition) is 5. The van der Waals surface area contributed by atoms with Gasteiger partial charge in [-0.15, -0.1) is 11.3 Å². The van der Waals surface area contributed by atoms with Gasteiger partial charge >= 0.3 is 0 Å². The summed E-state index contributed by atoms with van der Waals surface area (Å²) in [6.45, 7) is 4.70. The number of likely N-dealkylation sites (tertiary alicyclic amines) is 1. The van der Waals surface area contributed by atoms with Crippen molar-refractivity contribution >= 4 is 34.7 Å². The van der Waals surface area contributed by atoms with Crippen molar-refractivity contribution in [3.63, 3.8) is 0 Å². The van der Waals surface area contributed by atoms with Crippen molar-refractivity contribution in [2.24, 2.45) is 0 Å². The van der Waals surface area contributed by atoms with Gasteiger partial charge in [0.1, 0.15) is 0 Å². The number of amides is 3. The maximum atomic E-state index is 12.7. The van der Waals surface area contributed by atoms with Crippen LogP contribution in [0.5, 0.6) is 0 Å². The highest BCUT2D eigenvalue weighted by molar-refractivity contribution is 7.12. The lowest BCUT2D eigenvalue weighted by Gasteiger charge is -2.31. The standard InChI is InChI=1S/C22H28N4O3S/c1-2-10-23-20(27)15-26-11-8-17(9-12-26)24-21(28)16-5-3-6-18(14-16)25-22(29)19-7-4-13-30-19/h3-7,13-14,17H,2,8-12,15H2,1H3,(H,23,27)(H,24,28)(H,25,29). The molecule has 1 aromatic carbocycles. The first-order chi connectivity index (χ1) is 14.5. The zero-order chi connectivity index (χ0) is 21.3. The van der Waals surface area contributed by atoms with E-state index in [1.165, 1.54) is 11.3 Å². The fourth-order valence-electron chi connectivity index (χ4n) is 3.37. The third-order valence-electron chi connectivity index (χ3n) is 4.99. The van der Waals surface area contributed by atoms with Gasteiger partial charge in [0.15, 0.2) is 0 Å². The zero-order valence-electron chi connectivity index (χ0n) is 17.1. The highest BCUT2D eigenvalue weighted by Crippen LogP contribution is 2.16. The minimum absolute atomic E-state index is 0.0562. The molecule has 0 spiro atoms. The molecular formula is C22H28N4O3S. The second-order valence-corrected chi connectivity index (χ2v) is 8.33. The predicted octanol–water partition coefficient (Wildman–Crippen LogP) is 2.72. The second-order valence-electron chi connectivity index (χ2n) is 7.39. The van der Waals surface area contributed by atoms with Crippen molar-refractivity contribution in [2.45, 2.75) is 32.2 Å². The first-order valence-corrected chi connectivity index (χ1v) is 11.2. The van der Waals surface area contributed by atoms with E-state index in [2.05, 4.69) is 20.9 Å². The maximum absolute atomic E-state index is 12.7. The number of nitrogens with zero attached hydrogens (tertiary/aromatic N) is 1.